The van der Waals surface area contributed by atoms with Crippen molar-refractivity contribution in [1.82, 2.24) is 5.32 Å². The molecule has 0 spiro atoms. The monoisotopic (exact) mass is 379 g/mol. The summed E-state index contributed by atoms with van der Waals surface area (Å²) in [4.78, 5) is 12.4. The van der Waals surface area contributed by atoms with Crippen LogP contribution in [0.25, 0.3) is 0 Å². The molecule has 6 heteroatoms. The first-order chi connectivity index (χ1) is 12.0. The number of nitrogens with one attached hydrogen (secondary N) is 1. The van der Waals surface area contributed by atoms with Crippen molar-refractivity contribution in [3.05, 3.63) is 57.6 Å². The number of amides is 1. The zero-order chi connectivity index (χ0) is 17.8. The van der Waals surface area contributed by atoms with Crippen molar-refractivity contribution in [1.29, 1.82) is 0 Å². The van der Waals surface area contributed by atoms with Gasteiger partial charge < -0.3 is 14.8 Å². The van der Waals surface area contributed by atoms with Gasteiger partial charge in [-0.25, -0.2) is 0 Å². The van der Waals surface area contributed by atoms with Crippen molar-refractivity contribution >= 4 is 29.1 Å². The molecule has 0 bridgehead atoms. The van der Waals surface area contributed by atoms with E-state index in [0.717, 1.165) is 17.5 Å². The third-order valence-electron chi connectivity index (χ3n) is 3.95. The molecule has 1 aliphatic heterocycles. The van der Waals surface area contributed by atoms with Crippen molar-refractivity contribution in [2.24, 2.45) is 0 Å². The van der Waals surface area contributed by atoms with Gasteiger partial charge in [0.1, 0.15) is 0 Å². The van der Waals surface area contributed by atoms with Gasteiger partial charge in [0.05, 0.1) is 30.7 Å². The van der Waals surface area contributed by atoms with Gasteiger partial charge in [0.2, 0.25) is 5.91 Å². The number of ether oxygens (including phenoxy) is 2. The van der Waals surface area contributed by atoms with E-state index in [0.29, 0.717) is 34.8 Å². The second-order valence-electron chi connectivity index (χ2n) is 5.98. The van der Waals surface area contributed by atoms with Crippen LogP contribution in [0.15, 0.2) is 36.4 Å². The maximum Gasteiger partial charge on any atom is 0.224 e. The topological polar surface area (TPSA) is 47.6 Å². The van der Waals surface area contributed by atoms with Crippen LogP contribution in [0.2, 0.25) is 10.0 Å². The van der Waals surface area contributed by atoms with E-state index in [9.17, 15) is 4.79 Å². The lowest BCUT2D eigenvalue weighted by Gasteiger charge is -2.15. The highest BCUT2D eigenvalue weighted by atomic mass is 35.5. The largest absolute Gasteiger partial charge is 0.489 e. The fourth-order valence-electron chi connectivity index (χ4n) is 2.72. The highest BCUT2D eigenvalue weighted by molar-refractivity contribution is 6.32. The molecule has 0 radical (unpaired) electrons. The normalized spacial score (nSPS) is 14.5. The van der Waals surface area contributed by atoms with Crippen LogP contribution in [0, 0.1) is 0 Å². The molecule has 1 aliphatic rings. The minimum Gasteiger partial charge on any atom is -0.489 e. The fraction of sp³-hybridized carbons (Fsp3) is 0.316. The Morgan fingerprint density at radius 2 is 2.00 bits per heavy atom. The molecule has 0 aromatic heterocycles. The number of fused-ring (bicyclic) bond motifs is 1. The molecule has 1 N–H and O–H groups in total. The van der Waals surface area contributed by atoms with Gasteiger partial charge in [-0.15, -0.1) is 0 Å². The lowest BCUT2D eigenvalue weighted by molar-refractivity contribution is -0.121. The van der Waals surface area contributed by atoms with Gasteiger partial charge in [-0.1, -0.05) is 35.3 Å². The maximum absolute atomic E-state index is 12.4. The molecular formula is C19H19Cl2NO3. The van der Waals surface area contributed by atoms with Gasteiger partial charge in [-0.2, -0.15) is 0 Å². The molecule has 1 unspecified atom stereocenters. The van der Waals surface area contributed by atoms with Gasteiger partial charge in [0, 0.05) is 11.4 Å². The van der Waals surface area contributed by atoms with Crippen LogP contribution < -0.4 is 14.8 Å². The summed E-state index contributed by atoms with van der Waals surface area (Å²) in [6.07, 6.45) is 1.01. The smallest absolute Gasteiger partial charge is 0.224 e. The molecule has 25 heavy (non-hydrogen) atoms. The lowest BCUT2D eigenvalue weighted by Crippen LogP contribution is -2.28. The SMILES string of the molecule is CC(NC(=O)Cc1cc(Cl)c2c(c1)OCCCO2)c1cccc(Cl)c1. The average molecular weight is 380 g/mol. The van der Waals surface area contributed by atoms with Crippen molar-refractivity contribution in [2.45, 2.75) is 25.8 Å². The minimum absolute atomic E-state index is 0.0990. The van der Waals surface area contributed by atoms with Crippen LogP contribution in [-0.4, -0.2) is 19.1 Å². The van der Waals surface area contributed by atoms with Gasteiger partial charge in [0.15, 0.2) is 11.5 Å². The molecule has 2 aromatic carbocycles. The van der Waals surface area contributed by atoms with Crippen LogP contribution >= 0.6 is 23.2 Å². The van der Waals surface area contributed by atoms with Crippen LogP contribution in [0.5, 0.6) is 11.5 Å². The molecule has 1 heterocycles. The van der Waals surface area contributed by atoms with Gasteiger partial charge in [-0.05, 0) is 42.3 Å². The van der Waals surface area contributed by atoms with Crippen molar-refractivity contribution in [2.75, 3.05) is 13.2 Å². The summed E-state index contributed by atoms with van der Waals surface area (Å²) in [5, 5.41) is 4.08. The van der Waals surface area contributed by atoms with E-state index in [2.05, 4.69) is 5.32 Å². The van der Waals surface area contributed by atoms with Gasteiger partial charge in [-0.3, -0.25) is 4.79 Å². The lowest BCUT2D eigenvalue weighted by atomic mass is 10.1. The molecule has 1 atom stereocenters. The quantitative estimate of drug-likeness (QED) is 0.845. The molecule has 132 valence electrons. The third-order valence-corrected chi connectivity index (χ3v) is 4.47. The molecule has 3 rings (SSSR count). The van der Waals surface area contributed by atoms with Crippen LogP contribution in [0.1, 0.15) is 30.5 Å². The van der Waals surface area contributed by atoms with Gasteiger partial charge in [0.25, 0.3) is 0 Å². The van der Waals surface area contributed by atoms with Crippen molar-refractivity contribution in [3.8, 4) is 11.5 Å². The van der Waals surface area contributed by atoms with E-state index >= 15 is 0 Å². The van der Waals surface area contributed by atoms with Crippen LogP contribution in [-0.2, 0) is 11.2 Å². The minimum atomic E-state index is -0.137. The molecule has 0 saturated heterocycles. The summed E-state index contributed by atoms with van der Waals surface area (Å²) < 4.78 is 11.3. The van der Waals surface area contributed by atoms with E-state index in [-0.39, 0.29) is 18.4 Å². The Hall–Kier alpha value is -1.91. The van der Waals surface area contributed by atoms with E-state index in [4.69, 9.17) is 32.7 Å². The molecule has 0 saturated carbocycles. The first-order valence-corrected chi connectivity index (χ1v) is 8.91. The second kappa shape index (κ2) is 7.98. The number of halogens is 2. The summed E-state index contributed by atoms with van der Waals surface area (Å²) in [5.41, 5.74) is 1.74. The highest BCUT2D eigenvalue weighted by Crippen LogP contribution is 2.38. The Morgan fingerprint density at radius 1 is 1.20 bits per heavy atom. The zero-order valence-electron chi connectivity index (χ0n) is 13.9. The number of hydrogen-bond acceptors (Lipinski definition) is 3. The number of carbonyl (C=O) groups excluding carboxylic acids is 1. The number of rotatable bonds is 4. The second-order valence-corrected chi connectivity index (χ2v) is 6.82. The van der Waals surface area contributed by atoms with Crippen molar-refractivity contribution in [3.63, 3.8) is 0 Å². The van der Waals surface area contributed by atoms with E-state index in [1.165, 1.54) is 0 Å². The Labute approximate surface area is 157 Å². The molecular weight excluding hydrogens is 361 g/mol. The van der Waals surface area contributed by atoms with Crippen LogP contribution in [0.3, 0.4) is 0 Å². The highest BCUT2D eigenvalue weighted by Gasteiger charge is 2.17. The number of carbonyl (C=O) groups is 1. The maximum atomic E-state index is 12.4. The predicted molar refractivity (Wildman–Crippen MR) is 98.8 cm³/mol. The Kier molecular flexibility index (Phi) is 5.71. The summed E-state index contributed by atoms with van der Waals surface area (Å²) in [7, 11) is 0. The van der Waals surface area contributed by atoms with E-state index in [1.54, 1.807) is 12.1 Å². The average Bonchev–Trinajstić information content (AvgIpc) is 2.80. The fourth-order valence-corrected chi connectivity index (χ4v) is 3.21. The molecule has 0 aliphatic carbocycles. The number of hydrogen-bond donors (Lipinski definition) is 1. The third kappa shape index (κ3) is 4.59. The summed E-state index contributed by atoms with van der Waals surface area (Å²) >= 11 is 12.3. The molecule has 1 amide bonds. The first-order valence-electron chi connectivity index (χ1n) is 8.16. The van der Waals surface area contributed by atoms with E-state index < -0.39 is 0 Å². The van der Waals surface area contributed by atoms with E-state index in [1.807, 2.05) is 31.2 Å². The predicted octanol–water partition coefficient (Wildman–Crippen LogP) is 4.57. The number of benzene rings is 2. The summed E-state index contributed by atoms with van der Waals surface area (Å²) in [6, 6.07) is 10.9. The molecule has 2 aromatic rings. The summed E-state index contributed by atoms with van der Waals surface area (Å²) in [5.74, 6) is 1.05. The standard InChI is InChI=1S/C19H19Cl2NO3/c1-12(14-4-2-5-15(20)11-14)22-18(23)10-13-8-16(21)19-17(9-13)24-6-3-7-25-19/h2,4-5,8-9,11-12H,3,6-7,10H2,1H3,(H,22,23). The van der Waals surface area contributed by atoms with Gasteiger partial charge >= 0.3 is 0 Å². The molecule has 4 nitrogen and oxygen atoms in total. The zero-order valence-corrected chi connectivity index (χ0v) is 15.4. The Balaban J connectivity index is 1.68. The molecule has 0 fully saturated rings. The van der Waals surface area contributed by atoms with Crippen LogP contribution in [0.4, 0.5) is 0 Å². The Morgan fingerprint density at radius 3 is 2.80 bits per heavy atom. The Bertz CT molecular complexity index is 779. The summed E-state index contributed by atoms with van der Waals surface area (Å²) in [6.45, 7) is 3.07. The first kappa shape index (κ1) is 17.9. The van der Waals surface area contributed by atoms with Crippen molar-refractivity contribution < 1.29 is 14.3 Å².